The second kappa shape index (κ2) is 9.63. The van der Waals surface area contributed by atoms with E-state index in [9.17, 15) is 20.1 Å². The Labute approximate surface area is 231 Å². The van der Waals surface area contributed by atoms with Crippen LogP contribution in [0, 0.1) is 34.5 Å². The standard InChI is InChI=1S/C31H46O8/c1-16-21(18-12-24(32)37-15-18)9-11-31(35)22-7-6-19-13-20(8-10-29(19,3)23(22)14-30(16,31)4)39-28-26(34)27(36-5)25(33)17(2)38-28/h12,17,19-23,25-28,33-35H,1,6-11,13-15H2,2-5H3/t17-,19+,20-,21-,22+,23-,25-,26+,27+,28-,29-,30+,31-/m0/s1. The third kappa shape index (κ3) is 4.03. The number of ether oxygens (including phenoxy) is 4. The van der Waals surface area contributed by atoms with Crippen LogP contribution in [0.3, 0.4) is 0 Å². The fraction of sp³-hybridized carbons (Fsp3) is 0.839. The van der Waals surface area contributed by atoms with E-state index < -0.39 is 41.7 Å². The first-order valence-corrected chi connectivity index (χ1v) is 14.9. The summed E-state index contributed by atoms with van der Waals surface area (Å²) in [6, 6.07) is 0. The molecule has 0 aromatic rings. The fourth-order valence-electron chi connectivity index (χ4n) is 9.82. The Kier molecular flexibility index (Phi) is 6.88. The minimum Gasteiger partial charge on any atom is -0.458 e. The molecule has 8 nitrogen and oxygen atoms in total. The van der Waals surface area contributed by atoms with Crippen LogP contribution in [0.5, 0.6) is 0 Å². The van der Waals surface area contributed by atoms with E-state index in [0.29, 0.717) is 18.4 Å². The highest BCUT2D eigenvalue weighted by Crippen LogP contribution is 2.71. The van der Waals surface area contributed by atoms with Crippen LogP contribution in [0.25, 0.3) is 0 Å². The van der Waals surface area contributed by atoms with Crippen molar-refractivity contribution < 1.29 is 39.1 Å². The molecule has 6 rings (SSSR count). The van der Waals surface area contributed by atoms with E-state index >= 15 is 0 Å². The van der Waals surface area contributed by atoms with Crippen LogP contribution in [-0.4, -0.2) is 77.4 Å². The smallest absolute Gasteiger partial charge is 0.331 e. The molecule has 0 aromatic heterocycles. The van der Waals surface area contributed by atoms with Gasteiger partial charge in [-0.2, -0.15) is 0 Å². The van der Waals surface area contributed by atoms with Gasteiger partial charge in [0.05, 0.1) is 17.8 Å². The van der Waals surface area contributed by atoms with Crippen molar-refractivity contribution in [2.24, 2.45) is 34.5 Å². The van der Waals surface area contributed by atoms with E-state index in [1.54, 1.807) is 13.0 Å². The lowest BCUT2D eigenvalue weighted by Gasteiger charge is -2.56. The molecule has 39 heavy (non-hydrogen) atoms. The molecule has 8 heteroatoms. The Hall–Kier alpha value is -1.29. The largest absolute Gasteiger partial charge is 0.458 e. The van der Waals surface area contributed by atoms with Gasteiger partial charge in [0.15, 0.2) is 6.29 Å². The van der Waals surface area contributed by atoms with E-state index in [2.05, 4.69) is 20.4 Å². The molecule has 3 N–H and O–H groups in total. The Bertz CT molecular complexity index is 1040. The van der Waals surface area contributed by atoms with E-state index in [1.807, 2.05) is 0 Å². The van der Waals surface area contributed by atoms with Gasteiger partial charge in [0.1, 0.15) is 24.9 Å². The first-order valence-electron chi connectivity index (χ1n) is 14.9. The van der Waals surface area contributed by atoms with E-state index in [4.69, 9.17) is 18.9 Å². The Morgan fingerprint density at radius 2 is 1.85 bits per heavy atom. The molecule has 2 heterocycles. The zero-order chi connectivity index (χ0) is 27.9. The van der Waals surface area contributed by atoms with Gasteiger partial charge in [0.25, 0.3) is 0 Å². The molecule has 4 saturated carbocycles. The van der Waals surface area contributed by atoms with Crippen molar-refractivity contribution in [3.63, 3.8) is 0 Å². The molecule has 0 radical (unpaired) electrons. The number of esters is 1. The summed E-state index contributed by atoms with van der Waals surface area (Å²) in [5, 5.41) is 33.5. The molecule has 13 atom stereocenters. The molecule has 1 saturated heterocycles. The van der Waals surface area contributed by atoms with Crippen LogP contribution < -0.4 is 0 Å². The molecule has 2 aliphatic heterocycles. The molecule has 0 spiro atoms. The van der Waals surface area contributed by atoms with Gasteiger partial charge in [0, 0.05) is 24.5 Å². The van der Waals surface area contributed by atoms with Crippen LogP contribution >= 0.6 is 0 Å². The van der Waals surface area contributed by atoms with Crippen LogP contribution in [0.4, 0.5) is 0 Å². The van der Waals surface area contributed by atoms with Gasteiger partial charge in [-0.05, 0) is 87.0 Å². The molecule has 6 aliphatic rings. The van der Waals surface area contributed by atoms with Crippen molar-refractivity contribution in [3.8, 4) is 0 Å². The molecule has 0 bridgehead atoms. The Balaban J connectivity index is 1.18. The zero-order valence-corrected chi connectivity index (χ0v) is 23.8. The predicted octanol–water partition coefficient (Wildman–Crippen LogP) is 3.28. The van der Waals surface area contributed by atoms with Crippen molar-refractivity contribution in [2.75, 3.05) is 13.7 Å². The van der Waals surface area contributed by atoms with Crippen LogP contribution in [-0.2, 0) is 23.7 Å². The average Bonchev–Trinajstić information content (AvgIpc) is 3.43. The summed E-state index contributed by atoms with van der Waals surface area (Å²) >= 11 is 0. The van der Waals surface area contributed by atoms with Crippen LogP contribution in [0.15, 0.2) is 23.8 Å². The number of fused-ring (bicyclic) bond motifs is 5. The first-order chi connectivity index (χ1) is 18.4. The Morgan fingerprint density at radius 3 is 2.54 bits per heavy atom. The number of cyclic esters (lactones) is 1. The SMILES string of the molecule is C=C1[C@@H](C2=CC(=O)OC2)CC[C@]2(O)[C@@H]3CC[C@@H]4C[C@@H](O[C@@H]5O[C@@H](C)[C@H](O)[C@@H](OC)[C@H]5O)CC[C@]4(C)[C@H]3C[C@]12C. The summed E-state index contributed by atoms with van der Waals surface area (Å²) in [4.78, 5) is 11.8. The maximum absolute atomic E-state index is 12.4. The lowest BCUT2D eigenvalue weighted by Crippen LogP contribution is -2.59. The minimum absolute atomic E-state index is 0.0345. The quantitative estimate of drug-likeness (QED) is 0.280. The van der Waals surface area contributed by atoms with Gasteiger partial charge in [-0.3, -0.25) is 0 Å². The summed E-state index contributed by atoms with van der Waals surface area (Å²) in [6.45, 7) is 11.3. The van der Waals surface area contributed by atoms with Crippen molar-refractivity contribution in [1.29, 1.82) is 0 Å². The minimum atomic E-state index is -1.05. The van der Waals surface area contributed by atoms with Crippen LogP contribution in [0.2, 0.25) is 0 Å². The number of aliphatic hydroxyl groups excluding tert-OH is 2. The monoisotopic (exact) mass is 546 g/mol. The van der Waals surface area contributed by atoms with Crippen LogP contribution in [0.1, 0.15) is 72.1 Å². The maximum Gasteiger partial charge on any atom is 0.331 e. The summed E-state index contributed by atoms with van der Waals surface area (Å²) in [6.07, 6.45) is 4.83. The highest BCUT2D eigenvalue weighted by atomic mass is 16.7. The average molecular weight is 547 g/mol. The second-order valence-electron chi connectivity index (χ2n) is 13.8. The highest BCUT2D eigenvalue weighted by molar-refractivity contribution is 5.85. The number of rotatable bonds is 4. The third-order valence-electron chi connectivity index (χ3n) is 12.3. The molecule has 0 unspecified atom stereocenters. The number of hydrogen-bond acceptors (Lipinski definition) is 8. The number of carbonyl (C=O) groups excluding carboxylic acids is 1. The number of hydrogen-bond donors (Lipinski definition) is 3. The lowest BCUT2D eigenvalue weighted by atomic mass is 9.51. The molecule has 4 aliphatic carbocycles. The van der Waals surface area contributed by atoms with Gasteiger partial charge < -0.3 is 34.3 Å². The van der Waals surface area contributed by atoms with E-state index in [-0.39, 0.29) is 29.3 Å². The van der Waals surface area contributed by atoms with Crippen molar-refractivity contribution >= 4 is 5.97 Å². The van der Waals surface area contributed by atoms with Gasteiger partial charge >= 0.3 is 5.97 Å². The number of carbonyl (C=O) groups is 1. The first kappa shape index (κ1) is 27.9. The van der Waals surface area contributed by atoms with E-state index in [0.717, 1.165) is 62.5 Å². The van der Waals surface area contributed by atoms with Crippen molar-refractivity contribution in [2.45, 2.75) is 115 Å². The third-order valence-corrected chi connectivity index (χ3v) is 12.3. The number of aliphatic hydroxyl groups is 3. The molecule has 0 aromatic carbocycles. The molecular formula is C31H46O8. The topological polar surface area (TPSA) is 115 Å². The van der Waals surface area contributed by atoms with Crippen molar-refractivity contribution in [1.82, 2.24) is 0 Å². The fourth-order valence-corrected chi connectivity index (χ4v) is 9.82. The number of methoxy groups -OCH3 is 1. The summed E-state index contributed by atoms with van der Waals surface area (Å²) in [7, 11) is 1.49. The summed E-state index contributed by atoms with van der Waals surface area (Å²) < 4.78 is 22.8. The highest BCUT2D eigenvalue weighted by Gasteiger charge is 2.69. The molecule has 0 amide bonds. The lowest BCUT2D eigenvalue weighted by molar-refractivity contribution is -0.312. The van der Waals surface area contributed by atoms with Gasteiger partial charge in [-0.15, -0.1) is 0 Å². The molecule has 5 fully saturated rings. The molecular weight excluding hydrogens is 500 g/mol. The normalized spacial score (nSPS) is 53.5. The molecule has 218 valence electrons. The second-order valence-corrected chi connectivity index (χ2v) is 13.8. The summed E-state index contributed by atoms with van der Waals surface area (Å²) in [5.41, 5.74) is 0.998. The van der Waals surface area contributed by atoms with Gasteiger partial charge in [-0.25, -0.2) is 4.79 Å². The zero-order valence-electron chi connectivity index (χ0n) is 23.8. The van der Waals surface area contributed by atoms with Crippen molar-refractivity contribution in [3.05, 3.63) is 23.8 Å². The maximum atomic E-state index is 12.4. The predicted molar refractivity (Wildman–Crippen MR) is 142 cm³/mol. The summed E-state index contributed by atoms with van der Waals surface area (Å²) in [5.74, 6) is 0.908. The Morgan fingerprint density at radius 1 is 1.08 bits per heavy atom. The van der Waals surface area contributed by atoms with Gasteiger partial charge in [0.2, 0.25) is 0 Å². The van der Waals surface area contributed by atoms with Gasteiger partial charge in [-0.1, -0.05) is 26.0 Å². The van der Waals surface area contributed by atoms with E-state index in [1.165, 1.54) is 7.11 Å².